The summed E-state index contributed by atoms with van der Waals surface area (Å²) in [6.07, 6.45) is 0.586. The van der Waals surface area contributed by atoms with Crippen LogP contribution in [0.15, 0.2) is 5.38 Å². The Bertz CT molecular complexity index is 345. The van der Waals surface area contributed by atoms with E-state index in [1.54, 1.807) is 11.3 Å². The maximum absolute atomic E-state index is 11.4. The first kappa shape index (κ1) is 13.2. The van der Waals surface area contributed by atoms with Crippen LogP contribution in [0.5, 0.6) is 0 Å². The summed E-state index contributed by atoms with van der Waals surface area (Å²) in [5.74, 6) is 0.968. The minimum absolute atomic E-state index is 0.108. The van der Waals surface area contributed by atoms with E-state index in [0.29, 0.717) is 24.8 Å². The Labute approximate surface area is 101 Å². The number of thiazole rings is 1. The highest BCUT2D eigenvalue weighted by molar-refractivity contribution is 7.09. The summed E-state index contributed by atoms with van der Waals surface area (Å²) in [5.41, 5.74) is 1.11. The highest BCUT2D eigenvalue weighted by atomic mass is 32.1. The number of hydrogen-bond donors (Lipinski definition) is 1. The summed E-state index contributed by atoms with van der Waals surface area (Å²) in [6, 6.07) is 0. The van der Waals surface area contributed by atoms with Crippen molar-refractivity contribution in [2.45, 2.75) is 46.6 Å². The van der Waals surface area contributed by atoms with Crippen LogP contribution in [0.2, 0.25) is 0 Å². The standard InChI is InChI=1S/C12H20N2OS/c1-8(2)5-11(15)13-6-12-14-10(7-16-12)9(3)4/h7-9H,5-6H2,1-4H3,(H,13,15). The van der Waals surface area contributed by atoms with Crippen molar-refractivity contribution in [3.63, 3.8) is 0 Å². The monoisotopic (exact) mass is 240 g/mol. The summed E-state index contributed by atoms with van der Waals surface area (Å²) in [4.78, 5) is 15.9. The number of carbonyl (C=O) groups is 1. The second-order valence-corrected chi connectivity index (χ2v) is 5.64. The van der Waals surface area contributed by atoms with Gasteiger partial charge in [0, 0.05) is 11.8 Å². The zero-order chi connectivity index (χ0) is 12.1. The molecule has 0 aromatic carbocycles. The molecular weight excluding hydrogens is 220 g/mol. The van der Waals surface area contributed by atoms with Crippen LogP contribution in [0.4, 0.5) is 0 Å². The number of nitrogens with one attached hydrogen (secondary N) is 1. The number of hydrogen-bond acceptors (Lipinski definition) is 3. The van der Waals surface area contributed by atoms with Gasteiger partial charge in [-0.3, -0.25) is 4.79 Å². The van der Waals surface area contributed by atoms with Crippen molar-refractivity contribution in [3.05, 3.63) is 16.1 Å². The van der Waals surface area contributed by atoms with E-state index in [4.69, 9.17) is 0 Å². The molecule has 0 saturated carbocycles. The molecule has 0 saturated heterocycles. The van der Waals surface area contributed by atoms with Crippen LogP contribution in [0.3, 0.4) is 0 Å². The molecular formula is C12H20N2OS. The SMILES string of the molecule is CC(C)CC(=O)NCc1nc(C(C)C)cs1. The molecule has 1 amide bonds. The molecule has 0 spiro atoms. The average Bonchev–Trinajstić information content (AvgIpc) is 2.61. The van der Waals surface area contributed by atoms with E-state index in [9.17, 15) is 4.79 Å². The van der Waals surface area contributed by atoms with Gasteiger partial charge in [-0.2, -0.15) is 0 Å². The third-order valence-corrected chi connectivity index (χ3v) is 3.06. The van der Waals surface area contributed by atoms with Crippen molar-refractivity contribution < 1.29 is 4.79 Å². The topological polar surface area (TPSA) is 42.0 Å². The minimum Gasteiger partial charge on any atom is -0.350 e. The second kappa shape index (κ2) is 5.99. The van der Waals surface area contributed by atoms with Gasteiger partial charge in [-0.1, -0.05) is 27.7 Å². The molecule has 0 aliphatic heterocycles. The largest absolute Gasteiger partial charge is 0.350 e. The molecule has 0 aliphatic carbocycles. The predicted molar refractivity (Wildman–Crippen MR) is 67.5 cm³/mol. The van der Waals surface area contributed by atoms with Crippen molar-refractivity contribution in [1.82, 2.24) is 10.3 Å². The maximum atomic E-state index is 11.4. The van der Waals surface area contributed by atoms with Crippen LogP contribution in [-0.2, 0) is 11.3 Å². The molecule has 1 rings (SSSR count). The van der Waals surface area contributed by atoms with Crippen molar-refractivity contribution in [1.29, 1.82) is 0 Å². The van der Waals surface area contributed by atoms with Gasteiger partial charge in [-0.15, -0.1) is 11.3 Å². The zero-order valence-corrected chi connectivity index (χ0v) is 11.2. The van der Waals surface area contributed by atoms with Crippen LogP contribution in [-0.4, -0.2) is 10.9 Å². The fraction of sp³-hybridized carbons (Fsp3) is 0.667. The fourth-order valence-corrected chi connectivity index (χ4v) is 2.18. The number of carbonyl (C=O) groups excluding carboxylic acids is 1. The summed E-state index contributed by atoms with van der Waals surface area (Å²) in [6.45, 7) is 8.88. The highest BCUT2D eigenvalue weighted by Gasteiger charge is 2.08. The van der Waals surface area contributed by atoms with Gasteiger partial charge < -0.3 is 5.32 Å². The molecule has 1 heterocycles. The summed E-state index contributed by atoms with van der Waals surface area (Å²) in [7, 11) is 0. The van der Waals surface area contributed by atoms with E-state index in [1.165, 1.54) is 0 Å². The maximum Gasteiger partial charge on any atom is 0.220 e. The van der Waals surface area contributed by atoms with E-state index < -0.39 is 0 Å². The summed E-state index contributed by atoms with van der Waals surface area (Å²) in [5, 5.41) is 5.94. The molecule has 0 unspecified atom stereocenters. The normalized spacial score (nSPS) is 11.1. The lowest BCUT2D eigenvalue weighted by molar-refractivity contribution is -0.121. The van der Waals surface area contributed by atoms with Gasteiger partial charge >= 0.3 is 0 Å². The van der Waals surface area contributed by atoms with Crippen molar-refractivity contribution >= 4 is 17.2 Å². The molecule has 1 aromatic heterocycles. The number of aromatic nitrogens is 1. The predicted octanol–water partition coefficient (Wildman–Crippen LogP) is 2.93. The molecule has 1 aromatic rings. The van der Waals surface area contributed by atoms with E-state index in [2.05, 4.69) is 29.5 Å². The molecule has 0 fully saturated rings. The van der Waals surface area contributed by atoms with Crippen LogP contribution in [0.25, 0.3) is 0 Å². The van der Waals surface area contributed by atoms with Gasteiger partial charge in [-0.05, 0) is 11.8 Å². The third-order valence-electron chi connectivity index (χ3n) is 2.19. The quantitative estimate of drug-likeness (QED) is 0.859. The lowest BCUT2D eigenvalue weighted by atomic mass is 10.1. The Hall–Kier alpha value is -0.900. The van der Waals surface area contributed by atoms with Crippen molar-refractivity contribution in [2.24, 2.45) is 5.92 Å². The fourth-order valence-electron chi connectivity index (χ4n) is 1.29. The number of nitrogens with zero attached hydrogens (tertiary/aromatic N) is 1. The average molecular weight is 240 g/mol. The Morgan fingerprint density at radius 1 is 1.44 bits per heavy atom. The van der Waals surface area contributed by atoms with Crippen molar-refractivity contribution in [3.8, 4) is 0 Å². The van der Waals surface area contributed by atoms with Gasteiger partial charge in [0.05, 0.1) is 12.2 Å². The van der Waals surface area contributed by atoms with Gasteiger partial charge in [0.1, 0.15) is 5.01 Å². The molecule has 0 atom stereocenters. The van der Waals surface area contributed by atoms with Gasteiger partial charge in [0.2, 0.25) is 5.91 Å². The van der Waals surface area contributed by atoms with Crippen LogP contribution < -0.4 is 5.32 Å². The van der Waals surface area contributed by atoms with Crippen molar-refractivity contribution in [2.75, 3.05) is 0 Å². The lowest BCUT2D eigenvalue weighted by Crippen LogP contribution is -2.23. The molecule has 16 heavy (non-hydrogen) atoms. The Kier molecular flexibility index (Phi) is 4.93. The van der Waals surface area contributed by atoms with Crippen LogP contribution >= 0.6 is 11.3 Å². The summed E-state index contributed by atoms with van der Waals surface area (Å²) < 4.78 is 0. The summed E-state index contributed by atoms with van der Waals surface area (Å²) >= 11 is 1.61. The molecule has 0 aliphatic rings. The first-order chi connectivity index (χ1) is 7.49. The van der Waals surface area contributed by atoms with Gasteiger partial charge in [0.25, 0.3) is 0 Å². The molecule has 0 bridgehead atoms. The Morgan fingerprint density at radius 3 is 2.62 bits per heavy atom. The third kappa shape index (κ3) is 4.31. The van der Waals surface area contributed by atoms with Crippen LogP contribution in [0.1, 0.15) is 50.7 Å². The smallest absolute Gasteiger partial charge is 0.220 e. The minimum atomic E-state index is 0.108. The molecule has 1 N–H and O–H groups in total. The lowest BCUT2D eigenvalue weighted by Gasteiger charge is -2.05. The Morgan fingerprint density at radius 2 is 2.12 bits per heavy atom. The molecule has 0 radical (unpaired) electrons. The van der Waals surface area contributed by atoms with Gasteiger partial charge in [0.15, 0.2) is 0 Å². The number of rotatable bonds is 5. The van der Waals surface area contributed by atoms with E-state index in [1.807, 2.05) is 13.8 Å². The van der Waals surface area contributed by atoms with E-state index >= 15 is 0 Å². The van der Waals surface area contributed by atoms with Crippen LogP contribution in [0, 0.1) is 5.92 Å². The number of amides is 1. The van der Waals surface area contributed by atoms with E-state index in [-0.39, 0.29) is 5.91 Å². The first-order valence-electron chi connectivity index (χ1n) is 5.70. The highest BCUT2D eigenvalue weighted by Crippen LogP contribution is 2.17. The van der Waals surface area contributed by atoms with Gasteiger partial charge in [-0.25, -0.2) is 4.98 Å². The molecule has 90 valence electrons. The second-order valence-electron chi connectivity index (χ2n) is 4.70. The molecule has 3 nitrogen and oxygen atoms in total. The first-order valence-corrected chi connectivity index (χ1v) is 6.58. The Balaban J connectivity index is 2.39. The van der Waals surface area contributed by atoms with E-state index in [0.717, 1.165) is 10.7 Å². The molecule has 4 heteroatoms. The zero-order valence-electron chi connectivity index (χ0n) is 10.4.